The molecule has 7 heteroatoms. The van der Waals surface area contributed by atoms with Crippen molar-refractivity contribution >= 4 is 44.8 Å². The Kier molecular flexibility index (Phi) is 4.59. The van der Waals surface area contributed by atoms with Crippen LogP contribution in [-0.4, -0.2) is 10.9 Å². The number of nitrogen functional groups attached to an aromatic ring is 1. The minimum Gasteiger partial charge on any atom is -0.323 e. The normalized spacial score (nSPS) is 10.2. The van der Waals surface area contributed by atoms with Crippen LogP contribution in [0.4, 0.5) is 11.4 Å². The molecule has 104 valence electrons. The third kappa shape index (κ3) is 3.27. The van der Waals surface area contributed by atoms with Gasteiger partial charge in [0, 0.05) is 22.1 Å². The number of anilines is 2. The second-order valence-corrected chi connectivity index (χ2v) is 5.36. The van der Waals surface area contributed by atoms with E-state index in [1.54, 1.807) is 24.3 Å². The number of rotatable bonds is 3. The molecule has 2 rings (SSSR count). The Hall–Kier alpha value is -1.63. The average molecular weight is 356 g/mol. The van der Waals surface area contributed by atoms with Crippen molar-refractivity contribution in [3.63, 3.8) is 0 Å². The number of aryl methyl sites for hydroxylation is 1. The Morgan fingerprint density at radius 2 is 2.15 bits per heavy atom. The highest BCUT2D eigenvalue weighted by Crippen LogP contribution is 2.26. The first-order chi connectivity index (χ1) is 9.51. The maximum absolute atomic E-state index is 12.2. The Balaban J connectivity index is 2.25. The van der Waals surface area contributed by atoms with E-state index < -0.39 is 0 Å². The molecular weight excluding hydrogens is 344 g/mol. The molecular formula is C13H12BrClN4O. The van der Waals surface area contributed by atoms with E-state index in [1.807, 2.05) is 6.92 Å². The molecule has 0 aliphatic rings. The van der Waals surface area contributed by atoms with Crippen LogP contribution < -0.4 is 16.6 Å². The van der Waals surface area contributed by atoms with E-state index in [9.17, 15) is 4.79 Å². The van der Waals surface area contributed by atoms with Gasteiger partial charge in [0.15, 0.2) is 0 Å². The van der Waals surface area contributed by atoms with Gasteiger partial charge in [0.05, 0.1) is 16.3 Å². The Morgan fingerprint density at radius 3 is 2.80 bits per heavy atom. The standard InChI is InChI=1S/C13H12BrClN4O/c1-7-4-12(19-16)9(6-17-7)13(20)18-8-2-3-11(15)10(14)5-8/h2-6H,16H2,1H3,(H,17,19)(H,18,20). The summed E-state index contributed by atoms with van der Waals surface area (Å²) >= 11 is 9.21. The van der Waals surface area contributed by atoms with Crippen molar-refractivity contribution in [3.8, 4) is 0 Å². The quantitative estimate of drug-likeness (QED) is 0.583. The molecule has 0 atom stereocenters. The van der Waals surface area contributed by atoms with Crippen LogP contribution in [0.25, 0.3) is 0 Å². The van der Waals surface area contributed by atoms with Crippen LogP contribution in [0.15, 0.2) is 34.9 Å². The summed E-state index contributed by atoms with van der Waals surface area (Å²) < 4.78 is 0.705. The second kappa shape index (κ2) is 6.21. The van der Waals surface area contributed by atoms with Gasteiger partial charge in [-0.1, -0.05) is 11.6 Å². The van der Waals surface area contributed by atoms with Crippen LogP contribution in [-0.2, 0) is 0 Å². The summed E-state index contributed by atoms with van der Waals surface area (Å²) in [5, 5.41) is 3.33. The van der Waals surface area contributed by atoms with Crippen molar-refractivity contribution in [1.29, 1.82) is 0 Å². The molecule has 0 aliphatic carbocycles. The number of pyridine rings is 1. The highest BCUT2D eigenvalue weighted by Gasteiger charge is 2.12. The first kappa shape index (κ1) is 14.8. The number of aromatic nitrogens is 1. The van der Waals surface area contributed by atoms with E-state index in [0.29, 0.717) is 26.4 Å². The maximum Gasteiger partial charge on any atom is 0.259 e. The number of hydrazine groups is 1. The fourth-order valence-electron chi connectivity index (χ4n) is 1.63. The molecule has 0 spiro atoms. The molecule has 1 heterocycles. The number of nitrogens with zero attached hydrogens (tertiary/aromatic N) is 1. The van der Waals surface area contributed by atoms with Gasteiger partial charge in [-0.05, 0) is 47.1 Å². The lowest BCUT2D eigenvalue weighted by Gasteiger charge is -2.10. The molecule has 20 heavy (non-hydrogen) atoms. The van der Waals surface area contributed by atoms with Gasteiger partial charge in [-0.2, -0.15) is 0 Å². The van der Waals surface area contributed by atoms with Crippen molar-refractivity contribution < 1.29 is 4.79 Å². The first-order valence-corrected chi connectivity index (χ1v) is 6.88. The van der Waals surface area contributed by atoms with Crippen LogP contribution in [0, 0.1) is 6.92 Å². The van der Waals surface area contributed by atoms with Gasteiger partial charge in [-0.3, -0.25) is 15.6 Å². The summed E-state index contributed by atoms with van der Waals surface area (Å²) in [6.45, 7) is 1.82. The van der Waals surface area contributed by atoms with Crippen LogP contribution in [0.1, 0.15) is 16.1 Å². The van der Waals surface area contributed by atoms with Gasteiger partial charge in [-0.25, -0.2) is 0 Å². The summed E-state index contributed by atoms with van der Waals surface area (Å²) in [6.07, 6.45) is 1.48. The zero-order valence-corrected chi connectivity index (χ0v) is 12.9. The predicted octanol–water partition coefficient (Wildman–Crippen LogP) is 3.34. The Bertz CT molecular complexity index is 663. The topological polar surface area (TPSA) is 80.0 Å². The number of hydrogen-bond acceptors (Lipinski definition) is 4. The number of nitrogens with two attached hydrogens (primary N) is 1. The third-order valence-electron chi connectivity index (χ3n) is 2.62. The fourth-order valence-corrected chi connectivity index (χ4v) is 2.13. The van der Waals surface area contributed by atoms with E-state index in [-0.39, 0.29) is 5.91 Å². The Labute approximate surface area is 129 Å². The van der Waals surface area contributed by atoms with Crippen LogP contribution in [0.2, 0.25) is 5.02 Å². The molecule has 2 aromatic rings. The SMILES string of the molecule is Cc1cc(NN)c(C(=O)Nc2ccc(Cl)c(Br)c2)cn1. The zero-order chi connectivity index (χ0) is 14.7. The summed E-state index contributed by atoms with van der Waals surface area (Å²) in [6, 6.07) is 6.82. The van der Waals surface area contributed by atoms with E-state index >= 15 is 0 Å². The highest BCUT2D eigenvalue weighted by molar-refractivity contribution is 9.10. The first-order valence-electron chi connectivity index (χ1n) is 5.71. The minimum atomic E-state index is -0.306. The molecule has 1 aromatic carbocycles. The molecule has 4 N–H and O–H groups in total. The predicted molar refractivity (Wildman–Crippen MR) is 83.9 cm³/mol. The Morgan fingerprint density at radius 1 is 1.40 bits per heavy atom. The van der Waals surface area contributed by atoms with Gasteiger partial charge in [0.2, 0.25) is 0 Å². The van der Waals surface area contributed by atoms with Crippen LogP contribution >= 0.6 is 27.5 Å². The lowest BCUT2D eigenvalue weighted by Crippen LogP contribution is -2.18. The molecule has 0 unspecified atom stereocenters. The van der Waals surface area contributed by atoms with Crippen molar-refractivity contribution in [2.75, 3.05) is 10.7 Å². The average Bonchev–Trinajstić information content (AvgIpc) is 2.42. The van der Waals surface area contributed by atoms with Crippen molar-refractivity contribution in [2.24, 2.45) is 5.84 Å². The largest absolute Gasteiger partial charge is 0.323 e. The molecule has 0 fully saturated rings. The van der Waals surface area contributed by atoms with Crippen molar-refractivity contribution in [3.05, 3.63) is 51.2 Å². The lowest BCUT2D eigenvalue weighted by molar-refractivity contribution is 0.102. The number of carbonyl (C=O) groups is 1. The van der Waals surface area contributed by atoms with Gasteiger partial charge in [0.25, 0.3) is 5.91 Å². The maximum atomic E-state index is 12.2. The molecule has 0 bridgehead atoms. The van der Waals surface area contributed by atoms with Gasteiger partial charge in [-0.15, -0.1) is 0 Å². The van der Waals surface area contributed by atoms with Crippen LogP contribution in [0.5, 0.6) is 0 Å². The summed E-state index contributed by atoms with van der Waals surface area (Å²) in [4.78, 5) is 16.3. The number of hydrogen-bond donors (Lipinski definition) is 3. The molecule has 1 aromatic heterocycles. The molecule has 1 amide bonds. The number of nitrogens with one attached hydrogen (secondary N) is 2. The van der Waals surface area contributed by atoms with Crippen molar-refractivity contribution in [2.45, 2.75) is 6.92 Å². The zero-order valence-electron chi connectivity index (χ0n) is 10.6. The summed E-state index contributed by atoms with van der Waals surface area (Å²) in [7, 11) is 0. The highest BCUT2D eigenvalue weighted by atomic mass is 79.9. The van der Waals surface area contributed by atoms with Gasteiger partial charge < -0.3 is 10.7 Å². The van der Waals surface area contributed by atoms with Crippen molar-refractivity contribution in [1.82, 2.24) is 4.98 Å². The molecule has 0 aliphatic heterocycles. The molecule has 0 radical (unpaired) electrons. The van der Waals surface area contributed by atoms with E-state index in [4.69, 9.17) is 17.4 Å². The lowest BCUT2D eigenvalue weighted by atomic mass is 10.2. The summed E-state index contributed by atoms with van der Waals surface area (Å²) in [5.41, 5.74) is 4.76. The number of halogens is 2. The fraction of sp³-hybridized carbons (Fsp3) is 0.0769. The molecule has 0 saturated heterocycles. The number of carbonyl (C=O) groups excluding carboxylic acids is 1. The number of benzene rings is 1. The van der Waals surface area contributed by atoms with E-state index in [2.05, 4.69) is 31.7 Å². The second-order valence-electron chi connectivity index (χ2n) is 4.10. The minimum absolute atomic E-state index is 0.306. The van der Waals surface area contributed by atoms with E-state index in [0.717, 1.165) is 5.69 Å². The number of amides is 1. The smallest absolute Gasteiger partial charge is 0.259 e. The van der Waals surface area contributed by atoms with Gasteiger partial charge >= 0.3 is 0 Å². The van der Waals surface area contributed by atoms with Crippen LogP contribution in [0.3, 0.4) is 0 Å². The van der Waals surface area contributed by atoms with E-state index in [1.165, 1.54) is 6.20 Å². The van der Waals surface area contributed by atoms with Gasteiger partial charge in [0.1, 0.15) is 0 Å². The monoisotopic (exact) mass is 354 g/mol. The summed E-state index contributed by atoms with van der Waals surface area (Å²) in [5.74, 6) is 5.11. The molecule has 5 nitrogen and oxygen atoms in total. The third-order valence-corrected chi connectivity index (χ3v) is 3.83. The molecule has 0 saturated carbocycles.